The van der Waals surface area contributed by atoms with Gasteiger partial charge in [-0.25, -0.2) is 4.98 Å². The average Bonchev–Trinajstić information content (AvgIpc) is 3.28. The lowest BCUT2D eigenvalue weighted by molar-refractivity contribution is 0.0539. The fourth-order valence-corrected chi connectivity index (χ4v) is 4.23. The summed E-state index contributed by atoms with van der Waals surface area (Å²) in [5.74, 6) is 1.22. The van der Waals surface area contributed by atoms with Crippen molar-refractivity contribution in [3.05, 3.63) is 64.5 Å². The highest BCUT2D eigenvalue weighted by molar-refractivity contribution is 9.10. The Morgan fingerprint density at radius 3 is 2.77 bits per heavy atom. The minimum Gasteiger partial charge on any atom is -0.368 e. The van der Waals surface area contributed by atoms with Gasteiger partial charge in [-0.3, -0.25) is 4.79 Å². The molecule has 0 spiro atoms. The first-order valence-electron chi connectivity index (χ1n) is 10.2. The molecule has 0 radical (unpaired) electrons. The van der Waals surface area contributed by atoms with E-state index in [0.29, 0.717) is 23.7 Å². The van der Waals surface area contributed by atoms with Crippen molar-refractivity contribution in [3.8, 4) is 5.69 Å². The Bertz CT molecular complexity index is 1000. The number of benzene rings is 1. The fraction of sp³-hybridized carbons (Fsp3) is 0.364. The summed E-state index contributed by atoms with van der Waals surface area (Å²) in [4.78, 5) is 21.6. The molecule has 3 aromatic rings. The molecule has 156 valence electrons. The lowest BCUT2D eigenvalue weighted by atomic mass is 9.89. The van der Waals surface area contributed by atoms with Crippen LogP contribution in [0.2, 0.25) is 0 Å². The number of anilines is 1. The van der Waals surface area contributed by atoms with Gasteiger partial charge in [0.25, 0.3) is 5.91 Å². The third kappa shape index (κ3) is 4.38. The molecule has 1 amide bonds. The summed E-state index contributed by atoms with van der Waals surface area (Å²) in [6, 6.07) is 9.79. The number of aromatic nitrogens is 4. The Hall–Kier alpha value is -2.74. The van der Waals surface area contributed by atoms with E-state index in [9.17, 15) is 4.79 Å². The third-order valence-electron chi connectivity index (χ3n) is 5.61. The number of nitrogens with one attached hydrogen (secondary N) is 1. The Morgan fingerprint density at radius 1 is 1.23 bits per heavy atom. The van der Waals surface area contributed by atoms with Crippen LogP contribution in [-0.4, -0.2) is 49.9 Å². The number of hydrogen-bond acceptors (Lipinski definition) is 5. The molecule has 1 aliphatic rings. The largest absolute Gasteiger partial charge is 0.368 e. The van der Waals surface area contributed by atoms with Crippen LogP contribution in [0.3, 0.4) is 0 Å². The molecule has 8 heteroatoms. The number of hydrogen-bond donors (Lipinski definition) is 1. The molecule has 1 fully saturated rings. The van der Waals surface area contributed by atoms with Crippen LogP contribution in [0.25, 0.3) is 5.69 Å². The maximum Gasteiger partial charge on any atom is 0.256 e. The molecule has 0 aliphatic carbocycles. The molecule has 2 aromatic heterocycles. The normalized spacial score (nSPS) is 19.0. The number of halogens is 1. The van der Waals surface area contributed by atoms with E-state index in [1.165, 1.54) is 4.80 Å². The lowest BCUT2D eigenvalue weighted by Crippen LogP contribution is -2.51. The van der Waals surface area contributed by atoms with E-state index >= 15 is 0 Å². The molecule has 7 nitrogen and oxygen atoms in total. The number of aryl methyl sites for hydroxylation is 1. The van der Waals surface area contributed by atoms with Crippen molar-refractivity contribution in [2.24, 2.45) is 5.92 Å². The molecular formula is C22H25BrN6O. The van der Waals surface area contributed by atoms with Crippen LogP contribution in [0.15, 0.2) is 53.4 Å². The maximum atomic E-state index is 13.7. The molecule has 1 N–H and O–H groups in total. The quantitative estimate of drug-likeness (QED) is 0.610. The topological polar surface area (TPSA) is 75.9 Å². The lowest BCUT2D eigenvalue weighted by Gasteiger charge is -2.40. The van der Waals surface area contributed by atoms with Gasteiger partial charge in [-0.1, -0.05) is 18.6 Å². The van der Waals surface area contributed by atoms with E-state index in [0.717, 1.165) is 35.2 Å². The predicted octanol–water partition coefficient (Wildman–Crippen LogP) is 4.09. The molecule has 0 bridgehead atoms. The van der Waals surface area contributed by atoms with Gasteiger partial charge in [0.15, 0.2) is 0 Å². The van der Waals surface area contributed by atoms with Crippen molar-refractivity contribution in [2.75, 3.05) is 18.4 Å². The molecule has 4 rings (SSSR count). The van der Waals surface area contributed by atoms with Crippen LogP contribution >= 0.6 is 15.9 Å². The SMILES string of the molecule is Cc1ccc(-n2nccn2)c(C(=O)N2CCC[C@@H](C)[C@H]2CNc2ccc(Br)cn2)c1. The van der Waals surface area contributed by atoms with E-state index < -0.39 is 0 Å². The average molecular weight is 469 g/mol. The number of carbonyl (C=O) groups is 1. The highest BCUT2D eigenvalue weighted by atomic mass is 79.9. The van der Waals surface area contributed by atoms with E-state index in [2.05, 4.69) is 43.4 Å². The van der Waals surface area contributed by atoms with Gasteiger partial charge in [0, 0.05) is 23.8 Å². The van der Waals surface area contributed by atoms with Gasteiger partial charge in [-0.2, -0.15) is 15.0 Å². The van der Waals surface area contributed by atoms with Crippen molar-refractivity contribution >= 4 is 27.7 Å². The summed E-state index contributed by atoms with van der Waals surface area (Å²) < 4.78 is 0.940. The monoisotopic (exact) mass is 468 g/mol. The summed E-state index contributed by atoms with van der Waals surface area (Å²) in [7, 11) is 0. The van der Waals surface area contributed by atoms with Gasteiger partial charge < -0.3 is 10.2 Å². The molecule has 2 atom stereocenters. The zero-order chi connectivity index (χ0) is 21.1. The minimum atomic E-state index is 0.0214. The highest BCUT2D eigenvalue weighted by Crippen LogP contribution is 2.27. The van der Waals surface area contributed by atoms with Gasteiger partial charge >= 0.3 is 0 Å². The Kier molecular flexibility index (Phi) is 6.13. The molecule has 1 aromatic carbocycles. The van der Waals surface area contributed by atoms with Crippen LogP contribution < -0.4 is 5.32 Å². The molecule has 0 unspecified atom stereocenters. The molecule has 30 heavy (non-hydrogen) atoms. The first-order chi connectivity index (χ1) is 14.5. The highest BCUT2D eigenvalue weighted by Gasteiger charge is 2.33. The van der Waals surface area contributed by atoms with Gasteiger partial charge in [0.1, 0.15) is 5.82 Å². The zero-order valence-electron chi connectivity index (χ0n) is 17.1. The van der Waals surface area contributed by atoms with E-state index in [-0.39, 0.29) is 11.9 Å². The fourth-order valence-electron chi connectivity index (χ4n) is 3.99. The van der Waals surface area contributed by atoms with E-state index in [4.69, 9.17) is 0 Å². The summed E-state index contributed by atoms with van der Waals surface area (Å²) >= 11 is 3.41. The number of nitrogens with zero attached hydrogens (tertiary/aromatic N) is 5. The van der Waals surface area contributed by atoms with E-state index in [1.54, 1.807) is 18.6 Å². The molecular weight excluding hydrogens is 444 g/mol. The van der Waals surface area contributed by atoms with Crippen molar-refractivity contribution < 1.29 is 4.79 Å². The zero-order valence-corrected chi connectivity index (χ0v) is 18.7. The molecule has 1 aliphatic heterocycles. The number of likely N-dealkylation sites (tertiary alicyclic amines) is 1. The number of amides is 1. The predicted molar refractivity (Wildman–Crippen MR) is 120 cm³/mol. The van der Waals surface area contributed by atoms with Gasteiger partial charge in [0.05, 0.1) is 29.7 Å². The van der Waals surface area contributed by atoms with Crippen LogP contribution in [0.1, 0.15) is 35.7 Å². The Balaban J connectivity index is 1.60. The third-order valence-corrected chi connectivity index (χ3v) is 6.08. The van der Waals surface area contributed by atoms with Gasteiger partial charge in [0.2, 0.25) is 0 Å². The first-order valence-corrected chi connectivity index (χ1v) is 11.0. The van der Waals surface area contributed by atoms with Crippen LogP contribution in [-0.2, 0) is 0 Å². The standard InChI is InChI=1S/C22H25BrN6O/c1-15-5-7-19(29-26-9-10-27-29)18(12-15)22(30)28-11-3-4-16(2)20(28)14-25-21-8-6-17(23)13-24-21/h5-10,12-13,16,20H,3-4,11,14H2,1-2H3,(H,24,25)/t16-,20-/m1/s1. The number of pyridine rings is 1. The van der Waals surface area contributed by atoms with Crippen LogP contribution in [0.4, 0.5) is 5.82 Å². The summed E-state index contributed by atoms with van der Waals surface area (Å²) in [6.45, 7) is 5.60. The summed E-state index contributed by atoms with van der Waals surface area (Å²) in [6.07, 6.45) is 7.11. The minimum absolute atomic E-state index is 0.0214. The second kappa shape index (κ2) is 8.95. The van der Waals surface area contributed by atoms with Crippen LogP contribution in [0.5, 0.6) is 0 Å². The van der Waals surface area contributed by atoms with Gasteiger partial charge in [-0.05, 0) is 65.9 Å². The second-order valence-corrected chi connectivity index (χ2v) is 8.68. The summed E-state index contributed by atoms with van der Waals surface area (Å²) in [5, 5.41) is 11.9. The Morgan fingerprint density at radius 2 is 2.03 bits per heavy atom. The number of carbonyl (C=O) groups excluding carboxylic acids is 1. The maximum absolute atomic E-state index is 13.7. The summed E-state index contributed by atoms with van der Waals surface area (Å²) in [5.41, 5.74) is 2.37. The van der Waals surface area contributed by atoms with Gasteiger partial charge in [-0.15, -0.1) is 0 Å². The van der Waals surface area contributed by atoms with Crippen molar-refractivity contribution in [1.29, 1.82) is 0 Å². The molecule has 3 heterocycles. The molecule has 1 saturated heterocycles. The number of rotatable bonds is 5. The van der Waals surface area contributed by atoms with E-state index in [1.807, 2.05) is 42.2 Å². The molecule has 0 saturated carbocycles. The second-order valence-electron chi connectivity index (χ2n) is 7.77. The smallest absolute Gasteiger partial charge is 0.256 e. The van der Waals surface area contributed by atoms with Crippen molar-refractivity contribution in [2.45, 2.75) is 32.7 Å². The van der Waals surface area contributed by atoms with Crippen molar-refractivity contribution in [3.63, 3.8) is 0 Å². The van der Waals surface area contributed by atoms with Crippen LogP contribution in [0, 0.1) is 12.8 Å². The Labute approximate surface area is 184 Å². The first kappa shape index (κ1) is 20.5. The van der Waals surface area contributed by atoms with Crippen molar-refractivity contribution in [1.82, 2.24) is 24.9 Å². The number of piperidine rings is 1.